The van der Waals surface area contributed by atoms with Gasteiger partial charge in [0.2, 0.25) is 0 Å². The molecular weight excluding hydrogens is 316 g/mol. The van der Waals surface area contributed by atoms with E-state index < -0.39 is 0 Å². The summed E-state index contributed by atoms with van der Waals surface area (Å²) < 4.78 is 2.26. The summed E-state index contributed by atoms with van der Waals surface area (Å²) in [6.07, 6.45) is 13.4. The number of carbonyl (C=O) groups excluding carboxylic acids is 1. The fourth-order valence-electron chi connectivity index (χ4n) is 3.96. The first kappa shape index (κ1) is 16.2. The number of hydrogen-bond acceptors (Lipinski definition) is 3. The third kappa shape index (κ3) is 3.55. The van der Waals surface area contributed by atoms with Crippen LogP contribution in [0.2, 0.25) is 0 Å². The molecule has 7 nitrogen and oxygen atoms in total. The minimum absolute atomic E-state index is 0.0230. The summed E-state index contributed by atoms with van der Waals surface area (Å²) in [4.78, 5) is 19.3. The highest BCUT2D eigenvalue weighted by Gasteiger charge is 2.28. The van der Waals surface area contributed by atoms with Crippen LogP contribution < -0.4 is 5.32 Å². The van der Waals surface area contributed by atoms with Gasteiger partial charge in [-0.15, -0.1) is 0 Å². The number of piperidine rings is 1. The number of nitrogens with one attached hydrogen (secondary N) is 2. The van der Waals surface area contributed by atoms with E-state index in [1.54, 1.807) is 0 Å². The molecular formula is C18H26N6O. The minimum atomic E-state index is 0.0230. The van der Waals surface area contributed by atoms with Crippen LogP contribution in [0, 0.1) is 0 Å². The SMILES string of the molecule is O=C(NCCc1cn2c(n1)CCCC2)N1CCCCC1c1cn[nH]c1. The largest absolute Gasteiger partial charge is 0.338 e. The van der Waals surface area contributed by atoms with E-state index in [4.69, 9.17) is 4.98 Å². The van der Waals surface area contributed by atoms with Crippen molar-refractivity contribution in [3.8, 4) is 0 Å². The first-order valence-corrected chi connectivity index (χ1v) is 9.39. The lowest BCUT2D eigenvalue weighted by atomic mass is 9.98. The average molecular weight is 342 g/mol. The molecule has 0 aromatic carbocycles. The van der Waals surface area contributed by atoms with Crippen molar-refractivity contribution in [3.63, 3.8) is 0 Å². The van der Waals surface area contributed by atoms with Crippen molar-refractivity contribution < 1.29 is 4.79 Å². The molecule has 134 valence electrons. The van der Waals surface area contributed by atoms with Gasteiger partial charge in [-0.1, -0.05) is 0 Å². The van der Waals surface area contributed by atoms with Crippen LogP contribution in [0.4, 0.5) is 4.79 Å². The molecule has 1 saturated heterocycles. The Labute approximate surface area is 147 Å². The maximum atomic E-state index is 12.6. The molecule has 2 aromatic rings. The van der Waals surface area contributed by atoms with Crippen molar-refractivity contribution in [2.75, 3.05) is 13.1 Å². The Bertz CT molecular complexity index is 684. The monoisotopic (exact) mass is 342 g/mol. The Morgan fingerprint density at radius 3 is 3.04 bits per heavy atom. The smallest absolute Gasteiger partial charge is 0.317 e. The first-order chi connectivity index (χ1) is 12.3. The normalized spacial score (nSPS) is 20.3. The molecule has 1 fully saturated rings. The maximum Gasteiger partial charge on any atom is 0.317 e. The molecule has 1 atom stereocenters. The highest BCUT2D eigenvalue weighted by molar-refractivity contribution is 5.74. The molecule has 2 amide bonds. The predicted molar refractivity (Wildman–Crippen MR) is 94.2 cm³/mol. The Hall–Kier alpha value is -2.31. The van der Waals surface area contributed by atoms with Crippen molar-refractivity contribution in [1.82, 2.24) is 30.0 Å². The van der Waals surface area contributed by atoms with E-state index in [1.807, 2.05) is 17.3 Å². The number of rotatable bonds is 4. The number of hydrogen-bond donors (Lipinski definition) is 2. The number of urea groups is 1. The second kappa shape index (κ2) is 7.29. The second-order valence-corrected chi connectivity index (χ2v) is 7.02. The zero-order valence-electron chi connectivity index (χ0n) is 14.6. The van der Waals surface area contributed by atoms with Crippen LogP contribution in [-0.2, 0) is 19.4 Å². The van der Waals surface area contributed by atoms with E-state index in [9.17, 15) is 4.79 Å². The number of likely N-dealkylation sites (tertiary alicyclic amines) is 1. The lowest BCUT2D eigenvalue weighted by molar-refractivity contribution is 0.151. The summed E-state index contributed by atoms with van der Waals surface area (Å²) in [6.45, 7) is 2.51. The van der Waals surface area contributed by atoms with Crippen LogP contribution >= 0.6 is 0 Å². The Balaban J connectivity index is 1.32. The van der Waals surface area contributed by atoms with Gasteiger partial charge in [-0.05, 0) is 32.1 Å². The highest BCUT2D eigenvalue weighted by Crippen LogP contribution is 2.30. The fourth-order valence-corrected chi connectivity index (χ4v) is 3.96. The number of H-pyrrole nitrogens is 1. The van der Waals surface area contributed by atoms with Crippen molar-refractivity contribution in [3.05, 3.63) is 35.7 Å². The Morgan fingerprint density at radius 1 is 1.28 bits per heavy atom. The molecule has 2 aliphatic rings. The van der Waals surface area contributed by atoms with Gasteiger partial charge in [0.15, 0.2) is 0 Å². The molecule has 0 spiro atoms. The third-order valence-electron chi connectivity index (χ3n) is 5.28. The summed E-state index contributed by atoms with van der Waals surface area (Å²) >= 11 is 0. The molecule has 0 aliphatic carbocycles. The van der Waals surface area contributed by atoms with E-state index in [-0.39, 0.29) is 12.1 Å². The number of aryl methyl sites for hydroxylation is 2. The lowest BCUT2D eigenvalue weighted by Crippen LogP contribution is -2.45. The molecule has 1 unspecified atom stereocenters. The van der Waals surface area contributed by atoms with Crippen LogP contribution in [0.1, 0.15) is 55.2 Å². The molecule has 2 aliphatic heterocycles. The number of aromatic nitrogens is 4. The number of nitrogens with zero attached hydrogens (tertiary/aromatic N) is 4. The van der Waals surface area contributed by atoms with Crippen LogP contribution in [0.5, 0.6) is 0 Å². The highest BCUT2D eigenvalue weighted by atomic mass is 16.2. The molecule has 25 heavy (non-hydrogen) atoms. The third-order valence-corrected chi connectivity index (χ3v) is 5.28. The van der Waals surface area contributed by atoms with E-state index in [1.165, 1.54) is 18.7 Å². The van der Waals surface area contributed by atoms with Crippen molar-refractivity contribution in [2.45, 2.75) is 57.5 Å². The van der Waals surface area contributed by atoms with Gasteiger partial charge >= 0.3 is 6.03 Å². The molecule has 0 radical (unpaired) electrons. The van der Waals surface area contributed by atoms with Gasteiger partial charge in [0.05, 0.1) is 17.9 Å². The van der Waals surface area contributed by atoms with Crippen LogP contribution in [0.25, 0.3) is 0 Å². The summed E-state index contributed by atoms with van der Waals surface area (Å²) in [7, 11) is 0. The number of aromatic amines is 1. The van der Waals surface area contributed by atoms with Crippen molar-refractivity contribution in [2.24, 2.45) is 0 Å². The van der Waals surface area contributed by atoms with Gasteiger partial charge in [-0.2, -0.15) is 5.10 Å². The fraction of sp³-hybridized carbons (Fsp3) is 0.611. The van der Waals surface area contributed by atoms with Crippen LogP contribution in [-0.4, -0.2) is 43.8 Å². The van der Waals surface area contributed by atoms with E-state index in [0.717, 1.165) is 56.5 Å². The summed E-state index contributed by atoms with van der Waals surface area (Å²) in [6, 6.07) is 0.155. The Kier molecular flexibility index (Phi) is 4.72. The summed E-state index contributed by atoms with van der Waals surface area (Å²) in [5.41, 5.74) is 2.18. The summed E-state index contributed by atoms with van der Waals surface area (Å²) in [5.74, 6) is 1.20. The van der Waals surface area contributed by atoms with Gasteiger partial charge in [0, 0.05) is 50.4 Å². The number of carbonyl (C=O) groups is 1. The van der Waals surface area contributed by atoms with E-state index in [2.05, 4.69) is 26.3 Å². The molecule has 4 heterocycles. The standard InChI is InChI=1S/C18H26N6O/c25-18(24-10-4-1-5-16(24)14-11-20-21-12-14)19-8-7-15-13-23-9-3-2-6-17(23)22-15/h11-13,16H,1-10H2,(H,19,25)(H,20,21). The quantitative estimate of drug-likeness (QED) is 0.895. The van der Waals surface area contributed by atoms with Gasteiger partial charge in [-0.25, -0.2) is 9.78 Å². The van der Waals surface area contributed by atoms with Gasteiger partial charge in [-0.3, -0.25) is 5.10 Å². The van der Waals surface area contributed by atoms with Gasteiger partial charge < -0.3 is 14.8 Å². The molecule has 7 heteroatoms. The minimum Gasteiger partial charge on any atom is -0.338 e. The first-order valence-electron chi connectivity index (χ1n) is 9.39. The molecule has 2 aromatic heterocycles. The lowest BCUT2D eigenvalue weighted by Gasteiger charge is -2.35. The number of imidazole rings is 1. The number of fused-ring (bicyclic) bond motifs is 1. The zero-order chi connectivity index (χ0) is 17.1. The average Bonchev–Trinajstić information content (AvgIpc) is 3.31. The molecule has 4 rings (SSSR count). The van der Waals surface area contributed by atoms with Crippen molar-refractivity contribution >= 4 is 6.03 Å². The van der Waals surface area contributed by atoms with E-state index in [0.29, 0.717) is 6.54 Å². The van der Waals surface area contributed by atoms with Crippen molar-refractivity contribution in [1.29, 1.82) is 0 Å². The van der Waals surface area contributed by atoms with Crippen LogP contribution in [0.15, 0.2) is 18.6 Å². The summed E-state index contributed by atoms with van der Waals surface area (Å²) in [5, 5.41) is 9.97. The topological polar surface area (TPSA) is 78.8 Å². The maximum absolute atomic E-state index is 12.6. The number of amides is 2. The van der Waals surface area contributed by atoms with Gasteiger partial charge in [0.1, 0.15) is 5.82 Å². The van der Waals surface area contributed by atoms with E-state index >= 15 is 0 Å². The Morgan fingerprint density at radius 2 is 2.20 bits per heavy atom. The van der Waals surface area contributed by atoms with Gasteiger partial charge in [0.25, 0.3) is 0 Å². The van der Waals surface area contributed by atoms with Crippen LogP contribution in [0.3, 0.4) is 0 Å². The molecule has 0 bridgehead atoms. The second-order valence-electron chi connectivity index (χ2n) is 7.02. The predicted octanol–water partition coefficient (Wildman–Crippen LogP) is 2.42. The zero-order valence-corrected chi connectivity index (χ0v) is 14.6. The molecule has 0 saturated carbocycles. The molecule has 2 N–H and O–H groups in total.